The highest BCUT2D eigenvalue weighted by atomic mass is 16.5. The normalized spacial score (nSPS) is 16.5. The van der Waals surface area contributed by atoms with Crippen LogP contribution in [0.2, 0.25) is 0 Å². The Kier molecular flexibility index (Phi) is 6.01. The van der Waals surface area contributed by atoms with E-state index in [1.54, 1.807) is 23.2 Å². The summed E-state index contributed by atoms with van der Waals surface area (Å²) < 4.78 is 7.42. The van der Waals surface area contributed by atoms with Crippen molar-refractivity contribution in [1.82, 2.24) is 14.7 Å². The van der Waals surface area contributed by atoms with Crippen LogP contribution in [-0.2, 0) is 16.1 Å². The maximum atomic E-state index is 12.8. The number of nitrogens with zero attached hydrogens (tertiary/aromatic N) is 3. The Morgan fingerprint density at radius 3 is 2.73 bits per heavy atom. The van der Waals surface area contributed by atoms with E-state index in [1.165, 1.54) is 0 Å². The number of carbonyl (C=O) groups excluding carboxylic acids is 1. The van der Waals surface area contributed by atoms with Gasteiger partial charge in [0.2, 0.25) is 0 Å². The van der Waals surface area contributed by atoms with Crippen LogP contribution < -0.4 is 0 Å². The number of rotatable bonds is 8. The summed E-state index contributed by atoms with van der Waals surface area (Å²) in [5.41, 5.74) is 1.60. The fraction of sp³-hybridized carbons (Fsp3) is 0.421. The number of carboxylic acids is 1. The maximum absolute atomic E-state index is 12.8. The predicted molar refractivity (Wildman–Crippen MR) is 94.9 cm³/mol. The van der Waals surface area contributed by atoms with Gasteiger partial charge in [0.15, 0.2) is 0 Å². The van der Waals surface area contributed by atoms with Gasteiger partial charge in [0, 0.05) is 37.7 Å². The Morgan fingerprint density at radius 2 is 2.12 bits per heavy atom. The van der Waals surface area contributed by atoms with Crippen LogP contribution in [0.1, 0.15) is 35.2 Å². The smallest absolute Gasteiger partial charge is 0.305 e. The first-order chi connectivity index (χ1) is 12.6. The third kappa shape index (κ3) is 4.92. The van der Waals surface area contributed by atoms with E-state index >= 15 is 0 Å². The summed E-state index contributed by atoms with van der Waals surface area (Å²) in [4.78, 5) is 25.3. The van der Waals surface area contributed by atoms with Crippen LogP contribution in [0.5, 0.6) is 0 Å². The Bertz CT molecular complexity index is 722. The Morgan fingerprint density at radius 1 is 1.31 bits per heavy atom. The third-order valence-corrected chi connectivity index (χ3v) is 4.44. The molecule has 7 nitrogen and oxygen atoms in total. The molecule has 0 bridgehead atoms. The second-order valence-corrected chi connectivity index (χ2v) is 6.43. The molecule has 0 spiro atoms. The molecular weight excluding hydrogens is 334 g/mol. The number of carbonyl (C=O) groups is 2. The molecule has 1 atom stereocenters. The zero-order valence-corrected chi connectivity index (χ0v) is 14.6. The lowest BCUT2D eigenvalue weighted by atomic mass is 10.1. The van der Waals surface area contributed by atoms with Crippen LogP contribution in [0.4, 0.5) is 0 Å². The van der Waals surface area contributed by atoms with Gasteiger partial charge in [-0.1, -0.05) is 12.1 Å². The molecule has 1 saturated heterocycles. The maximum Gasteiger partial charge on any atom is 0.305 e. The average Bonchev–Trinajstić information content (AvgIpc) is 3.32. The number of aliphatic carboxylic acids is 1. The number of amides is 1. The van der Waals surface area contributed by atoms with Crippen LogP contribution in [-0.4, -0.2) is 57.5 Å². The summed E-state index contributed by atoms with van der Waals surface area (Å²) in [5, 5.41) is 13.1. The summed E-state index contributed by atoms with van der Waals surface area (Å²) in [7, 11) is 0. The van der Waals surface area contributed by atoms with Gasteiger partial charge >= 0.3 is 5.97 Å². The molecule has 0 saturated carbocycles. The molecule has 1 amide bonds. The van der Waals surface area contributed by atoms with Crippen LogP contribution in [0.25, 0.3) is 0 Å². The van der Waals surface area contributed by atoms with Crippen LogP contribution in [0, 0.1) is 0 Å². The van der Waals surface area contributed by atoms with Crippen molar-refractivity contribution in [1.29, 1.82) is 0 Å². The summed E-state index contributed by atoms with van der Waals surface area (Å²) in [6.45, 7) is 1.96. The number of benzene rings is 1. The molecule has 1 fully saturated rings. The van der Waals surface area contributed by atoms with Gasteiger partial charge in [-0.3, -0.25) is 14.3 Å². The molecule has 0 unspecified atom stereocenters. The number of hydrogen-bond acceptors (Lipinski definition) is 4. The fourth-order valence-corrected chi connectivity index (χ4v) is 3.06. The van der Waals surface area contributed by atoms with E-state index in [1.807, 2.05) is 29.1 Å². The predicted octanol–water partition coefficient (Wildman–Crippen LogP) is 2.03. The Labute approximate surface area is 152 Å². The van der Waals surface area contributed by atoms with Gasteiger partial charge in [0.1, 0.15) is 0 Å². The molecule has 0 aliphatic carbocycles. The van der Waals surface area contributed by atoms with E-state index in [0.717, 1.165) is 18.4 Å². The van der Waals surface area contributed by atoms with Crippen molar-refractivity contribution >= 4 is 11.9 Å². The molecule has 1 N–H and O–H groups in total. The van der Waals surface area contributed by atoms with Crippen molar-refractivity contribution < 1.29 is 19.4 Å². The first-order valence-electron chi connectivity index (χ1n) is 8.81. The van der Waals surface area contributed by atoms with Gasteiger partial charge in [0.25, 0.3) is 5.91 Å². The molecule has 2 aromatic rings. The molecule has 1 aliphatic heterocycles. The zero-order valence-electron chi connectivity index (χ0n) is 14.6. The lowest BCUT2D eigenvalue weighted by molar-refractivity contribution is -0.137. The van der Waals surface area contributed by atoms with E-state index in [-0.39, 0.29) is 25.0 Å². The molecule has 2 heterocycles. The minimum atomic E-state index is -0.912. The lowest BCUT2D eigenvalue weighted by Crippen LogP contribution is -2.38. The molecule has 138 valence electrons. The van der Waals surface area contributed by atoms with Gasteiger partial charge < -0.3 is 14.7 Å². The number of ether oxygens (including phenoxy) is 1. The minimum absolute atomic E-state index is 0.00756. The second-order valence-electron chi connectivity index (χ2n) is 6.43. The topological polar surface area (TPSA) is 84.7 Å². The highest BCUT2D eigenvalue weighted by molar-refractivity contribution is 5.94. The van der Waals surface area contributed by atoms with Gasteiger partial charge in [-0.15, -0.1) is 0 Å². The molecule has 1 aromatic heterocycles. The van der Waals surface area contributed by atoms with Crippen molar-refractivity contribution in [3.05, 3.63) is 53.9 Å². The molecule has 1 aliphatic rings. The van der Waals surface area contributed by atoms with E-state index in [9.17, 15) is 9.59 Å². The SMILES string of the molecule is O=C(O)CCN(C[C@H]1CCCO1)C(=O)c1ccc(Cn2cccn2)cc1. The molecule has 7 heteroatoms. The van der Waals surface area contributed by atoms with Gasteiger partial charge in [-0.2, -0.15) is 5.10 Å². The first-order valence-corrected chi connectivity index (χ1v) is 8.81. The van der Waals surface area contributed by atoms with Crippen molar-refractivity contribution in [2.45, 2.75) is 31.9 Å². The molecular formula is C19H23N3O4. The first kappa shape index (κ1) is 18.1. The molecule has 26 heavy (non-hydrogen) atoms. The lowest BCUT2D eigenvalue weighted by Gasteiger charge is -2.25. The van der Waals surface area contributed by atoms with Crippen molar-refractivity contribution in [2.75, 3.05) is 19.7 Å². The summed E-state index contributed by atoms with van der Waals surface area (Å²) >= 11 is 0. The summed E-state index contributed by atoms with van der Waals surface area (Å²) in [6.07, 6.45) is 5.41. The highest BCUT2D eigenvalue weighted by Gasteiger charge is 2.23. The summed E-state index contributed by atoms with van der Waals surface area (Å²) in [6, 6.07) is 9.23. The van der Waals surface area contributed by atoms with E-state index in [2.05, 4.69) is 5.10 Å². The van der Waals surface area contributed by atoms with Gasteiger partial charge in [-0.05, 0) is 36.6 Å². The quantitative estimate of drug-likeness (QED) is 0.781. The number of carboxylic acid groups (broad SMARTS) is 1. The van der Waals surface area contributed by atoms with E-state index in [0.29, 0.717) is 25.3 Å². The molecule has 3 rings (SSSR count). The fourth-order valence-electron chi connectivity index (χ4n) is 3.06. The minimum Gasteiger partial charge on any atom is -0.481 e. The van der Waals surface area contributed by atoms with Gasteiger partial charge in [-0.25, -0.2) is 0 Å². The molecule has 1 aromatic carbocycles. The van der Waals surface area contributed by atoms with E-state index in [4.69, 9.17) is 9.84 Å². The van der Waals surface area contributed by atoms with Crippen molar-refractivity contribution in [3.63, 3.8) is 0 Å². The number of hydrogen-bond donors (Lipinski definition) is 1. The number of aromatic nitrogens is 2. The van der Waals surface area contributed by atoms with Gasteiger partial charge in [0.05, 0.1) is 19.1 Å². The monoisotopic (exact) mass is 357 g/mol. The second kappa shape index (κ2) is 8.62. The Balaban J connectivity index is 1.66. The van der Waals surface area contributed by atoms with Crippen molar-refractivity contribution in [2.24, 2.45) is 0 Å². The summed E-state index contributed by atoms with van der Waals surface area (Å²) in [5.74, 6) is -1.07. The zero-order chi connectivity index (χ0) is 18.4. The standard InChI is InChI=1S/C19H23N3O4/c23-18(24)8-11-21(14-17-3-1-12-26-17)19(25)16-6-4-15(5-7-16)13-22-10-2-9-20-22/h2,4-7,9-10,17H,1,3,8,11-14H2,(H,23,24)/t17-/m1/s1. The van der Waals surface area contributed by atoms with Crippen molar-refractivity contribution in [3.8, 4) is 0 Å². The Hall–Kier alpha value is -2.67. The van der Waals surface area contributed by atoms with Crippen LogP contribution in [0.15, 0.2) is 42.7 Å². The van der Waals surface area contributed by atoms with Crippen LogP contribution >= 0.6 is 0 Å². The largest absolute Gasteiger partial charge is 0.481 e. The van der Waals surface area contributed by atoms with Crippen LogP contribution in [0.3, 0.4) is 0 Å². The third-order valence-electron chi connectivity index (χ3n) is 4.44. The molecule has 0 radical (unpaired) electrons. The average molecular weight is 357 g/mol. The van der Waals surface area contributed by atoms with E-state index < -0.39 is 5.97 Å². The highest BCUT2D eigenvalue weighted by Crippen LogP contribution is 2.16.